The highest BCUT2D eigenvalue weighted by Crippen LogP contribution is 2.43. The van der Waals surface area contributed by atoms with E-state index in [4.69, 9.17) is 4.98 Å². The van der Waals surface area contributed by atoms with E-state index in [1.165, 1.54) is 0 Å². The molecule has 0 saturated carbocycles. The maximum atomic E-state index is 12.8. The molecule has 1 amide bonds. The summed E-state index contributed by atoms with van der Waals surface area (Å²) in [6.45, 7) is 1.41. The second kappa shape index (κ2) is 7.33. The third-order valence-corrected chi connectivity index (χ3v) is 5.92. The highest BCUT2D eigenvalue weighted by molar-refractivity contribution is 5.76. The van der Waals surface area contributed by atoms with Gasteiger partial charge >= 0.3 is 0 Å². The van der Waals surface area contributed by atoms with E-state index in [9.17, 15) is 9.59 Å². The van der Waals surface area contributed by atoms with Crippen LogP contribution in [0, 0.1) is 0 Å². The smallest absolute Gasteiger partial charge is 0.255 e. The highest BCUT2D eigenvalue weighted by atomic mass is 16.2. The van der Waals surface area contributed by atoms with E-state index in [1.807, 2.05) is 23.9 Å². The standard InChI is InChI=1S/C20H26N6O2/c1-25(2)19-23-17-15(18(28)24-19)6-8-20(17)7-3-11-26(13-20)16(27)5-4-14-12-21-9-10-22-14/h9-10,12H,3-8,11,13H2,1-2H3,(H,23,24,28). The van der Waals surface area contributed by atoms with Gasteiger partial charge < -0.3 is 9.80 Å². The molecule has 0 radical (unpaired) electrons. The molecule has 1 fully saturated rings. The quantitative estimate of drug-likeness (QED) is 0.850. The summed E-state index contributed by atoms with van der Waals surface area (Å²) in [5.41, 5.74) is 2.27. The van der Waals surface area contributed by atoms with E-state index in [2.05, 4.69) is 15.0 Å². The topological polar surface area (TPSA) is 95.1 Å². The zero-order valence-corrected chi connectivity index (χ0v) is 16.4. The SMILES string of the molecule is CN(C)c1nc2c(c(=O)[nH]1)CCC21CCCN(C(=O)CCc2cnccn2)C1. The van der Waals surface area contributed by atoms with Gasteiger partial charge in [0.25, 0.3) is 5.56 Å². The molecule has 2 aromatic rings. The van der Waals surface area contributed by atoms with Crippen LogP contribution < -0.4 is 10.5 Å². The third kappa shape index (κ3) is 3.39. The predicted molar refractivity (Wildman–Crippen MR) is 105 cm³/mol. The summed E-state index contributed by atoms with van der Waals surface area (Å²) < 4.78 is 0. The van der Waals surface area contributed by atoms with Crippen molar-refractivity contribution in [3.63, 3.8) is 0 Å². The second-order valence-corrected chi connectivity index (χ2v) is 8.01. The average molecular weight is 382 g/mol. The molecule has 0 aromatic carbocycles. The van der Waals surface area contributed by atoms with E-state index < -0.39 is 0 Å². The molecule has 4 rings (SSSR count). The molecule has 1 aliphatic carbocycles. The molecular formula is C20H26N6O2. The first-order valence-corrected chi connectivity index (χ1v) is 9.82. The van der Waals surface area contributed by atoms with Gasteiger partial charge in [0.1, 0.15) is 0 Å². The Morgan fingerprint density at radius 1 is 1.32 bits per heavy atom. The number of aromatic amines is 1. The van der Waals surface area contributed by atoms with Gasteiger partial charge in [-0.25, -0.2) is 4.98 Å². The molecule has 8 heteroatoms. The molecule has 1 aliphatic heterocycles. The number of aryl methyl sites for hydroxylation is 1. The number of hydrogen-bond donors (Lipinski definition) is 1. The fourth-order valence-corrected chi connectivity index (χ4v) is 4.45. The van der Waals surface area contributed by atoms with Crippen LogP contribution in [0.15, 0.2) is 23.4 Å². The molecule has 28 heavy (non-hydrogen) atoms. The van der Waals surface area contributed by atoms with Crippen molar-refractivity contribution in [3.05, 3.63) is 45.9 Å². The number of carbonyl (C=O) groups is 1. The van der Waals surface area contributed by atoms with Crippen LogP contribution in [-0.4, -0.2) is 57.9 Å². The maximum Gasteiger partial charge on any atom is 0.255 e. The Morgan fingerprint density at radius 3 is 2.93 bits per heavy atom. The van der Waals surface area contributed by atoms with Gasteiger partial charge in [-0.3, -0.25) is 24.5 Å². The van der Waals surface area contributed by atoms with Gasteiger partial charge in [0, 0.05) is 63.2 Å². The number of nitrogens with one attached hydrogen (secondary N) is 1. The van der Waals surface area contributed by atoms with Crippen LogP contribution in [0.2, 0.25) is 0 Å². The van der Waals surface area contributed by atoms with E-state index in [1.54, 1.807) is 18.6 Å². The number of carbonyl (C=O) groups excluding carboxylic acids is 1. The Hall–Kier alpha value is -2.77. The van der Waals surface area contributed by atoms with Gasteiger partial charge in [0.15, 0.2) is 0 Å². The van der Waals surface area contributed by atoms with Crippen LogP contribution in [-0.2, 0) is 23.1 Å². The number of fused-ring (bicyclic) bond motifs is 2. The molecule has 2 aromatic heterocycles. The van der Waals surface area contributed by atoms with E-state index in [-0.39, 0.29) is 16.9 Å². The number of likely N-dealkylation sites (tertiary alicyclic amines) is 1. The van der Waals surface area contributed by atoms with Crippen molar-refractivity contribution in [1.82, 2.24) is 24.8 Å². The lowest BCUT2D eigenvalue weighted by Gasteiger charge is -2.40. The summed E-state index contributed by atoms with van der Waals surface area (Å²) in [7, 11) is 3.74. The molecule has 1 unspecified atom stereocenters. The fraction of sp³-hybridized carbons (Fsp3) is 0.550. The lowest BCUT2D eigenvalue weighted by Crippen LogP contribution is -2.48. The van der Waals surface area contributed by atoms with Crippen molar-refractivity contribution >= 4 is 11.9 Å². The number of piperidine rings is 1. The molecule has 1 atom stereocenters. The molecule has 1 saturated heterocycles. The number of rotatable bonds is 4. The summed E-state index contributed by atoms with van der Waals surface area (Å²) in [6, 6.07) is 0. The zero-order chi connectivity index (χ0) is 19.7. The number of aromatic nitrogens is 4. The Kier molecular flexibility index (Phi) is 4.87. The zero-order valence-electron chi connectivity index (χ0n) is 16.4. The summed E-state index contributed by atoms with van der Waals surface area (Å²) in [5, 5.41) is 0. The van der Waals surface area contributed by atoms with Crippen LogP contribution in [0.1, 0.15) is 42.6 Å². The molecule has 2 aliphatic rings. The first-order chi connectivity index (χ1) is 13.5. The van der Waals surface area contributed by atoms with Crippen LogP contribution in [0.5, 0.6) is 0 Å². The predicted octanol–water partition coefficient (Wildman–Crippen LogP) is 1.07. The fourth-order valence-electron chi connectivity index (χ4n) is 4.45. The summed E-state index contributed by atoms with van der Waals surface area (Å²) >= 11 is 0. The van der Waals surface area contributed by atoms with Crippen LogP contribution in [0.25, 0.3) is 0 Å². The van der Waals surface area contributed by atoms with E-state index in [0.29, 0.717) is 25.3 Å². The van der Waals surface area contributed by atoms with Crippen LogP contribution >= 0.6 is 0 Å². The van der Waals surface area contributed by atoms with Crippen molar-refractivity contribution in [2.45, 2.75) is 43.9 Å². The number of H-pyrrole nitrogens is 1. The van der Waals surface area contributed by atoms with Gasteiger partial charge in [-0.05, 0) is 32.1 Å². The Morgan fingerprint density at radius 2 is 2.18 bits per heavy atom. The molecular weight excluding hydrogens is 356 g/mol. The molecule has 1 spiro atoms. The van der Waals surface area contributed by atoms with Gasteiger partial charge in [0.2, 0.25) is 11.9 Å². The molecule has 1 N–H and O–H groups in total. The minimum atomic E-state index is -0.200. The monoisotopic (exact) mass is 382 g/mol. The first kappa shape index (κ1) is 18.6. The van der Waals surface area contributed by atoms with E-state index >= 15 is 0 Å². The third-order valence-electron chi connectivity index (χ3n) is 5.92. The minimum absolute atomic E-state index is 0.0447. The Balaban J connectivity index is 1.53. The van der Waals surface area contributed by atoms with Crippen molar-refractivity contribution in [3.8, 4) is 0 Å². The van der Waals surface area contributed by atoms with Crippen molar-refractivity contribution in [2.24, 2.45) is 0 Å². The number of hydrogen-bond acceptors (Lipinski definition) is 6. The highest BCUT2D eigenvalue weighted by Gasteiger charge is 2.45. The lowest BCUT2D eigenvalue weighted by atomic mass is 9.77. The number of anilines is 1. The van der Waals surface area contributed by atoms with Crippen LogP contribution in [0.3, 0.4) is 0 Å². The summed E-state index contributed by atoms with van der Waals surface area (Å²) in [5.74, 6) is 0.715. The number of amides is 1. The molecule has 148 valence electrons. The Labute approximate surface area is 164 Å². The number of nitrogens with zero attached hydrogens (tertiary/aromatic N) is 5. The minimum Gasteiger partial charge on any atom is -0.348 e. The average Bonchev–Trinajstić information content (AvgIpc) is 3.05. The lowest BCUT2D eigenvalue weighted by molar-refractivity contribution is -0.133. The van der Waals surface area contributed by atoms with Gasteiger partial charge in [0.05, 0.1) is 11.4 Å². The maximum absolute atomic E-state index is 12.8. The normalized spacial score (nSPS) is 21.0. The Bertz CT molecular complexity index is 926. The van der Waals surface area contributed by atoms with E-state index in [0.717, 1.165) is 49.2 Å². The largest absolute Gasteiger partial charge is 0.348 e. The summed E-state index contributed by atoms with van der Waals surface area (Å²) in [6.07, 6.45) is 9.51. The first-order valence-electron chi connectivity index (χ1n) is 9.82. The van der Waals surface area contributed by atoms with Gasteiger partial charge in [-0.1, -0.05) is 0 Å². The van der Waals surface area contributed by atoms with Crippen LogP contribution in [0.4, 0.5) is 5.95 Å². The van der Waals surface area contributed by atoms with Gasteiger partial charge in [-0.15, -0.1) is 0 Å². The van der Waals surface area contributed by atoms with Gasteiger partial charge in [-0.2, -0.15) is 0 Å². The second-order valence-electron chi connectivity index (χ2n) is 8.01. The van der Waals surface area contributed by atoms with Crippen molar-refractivity contribution in [1.29, 1.82) is 0 Å². The molecule has 3 heterocycles. The van der Waals surface area contributed by atoms with Crippen molar-refractivity contribution in [2.75, 3.05) is 32.1 Å². The van der Waals surface area contributed by atoms with Crippen molar-refractivity contribution < 1.29 is 4.79 Å². The molecule has 8 nitrogen and oxygen atoms in total. The summed E-state index contributed by atoms with van der Waals surface area (Å²) in [4.78, 5) is 45.1. The molecule has 0 bridgehead atoms.